The van der Waals surface area contributed by atoms with E-state index in [0.29, 0.717) is 24.5 Å². The van der Waals surface area contributed by atoms with Crippen molar-refractivity contribution in [2.24, 2.45) is 11.7 Å². The molecule has 3 N–H and O–H groups in total. The smallest absolute Gasteiger partial charge is 0.230 e. The molecular weight excluding hydrogens is 288 g/mol. The monoisotopic (exact) mass is 310 g/mol. The summed E-state index contributed by atoms with van der Waals surface area (Å²) in [5.41, 5.74) is 6.53. The maximum atomic E-state index is 12.1. The molecule has 0 fully saturated rings. The first-order chi connectivity index (χ1) is 10.0. The van der Waals surface area contributed by atoms with Crippen molar-refractivity contribution in [3.8, 4) is 11.5 Å². The summed E-state index contributed by atoms with van der Waals surface area (Å²) in [6.07, 6.45) is 1.51. The van der Waals surface area contributed by atoms with Crippen molar-refractivity contribution >= 4 is 23.1 Å². The van der Waals surface area contributed by atoms with E-state index in [1.165, 1.54) is 0 Å². The molecule has 0 aliphatic rings. The van der Waals surface area contributed by atoms with Gasteiger partial charge in [-0.3, -0.25) is 4.79 Å². The molecule has 0 saturated heterocycles. The van der Waals surface area contributed by atoms with E-state index in [0.717, 1.165) is 12.0 Å². The van der Waals surface area contributed by atoms with E-state index in [2.05, 4.69) is 5.32 Å². The third-order valence-electron chi connectivity index (χ3n) is 3.15. The number of hydrogen-bond acceptors (Lipinski definition) is 4. The lowest BCUT2D eigenvalue weighted by molar-refractivity contribution is -0.123. The van der Waals surface area contributed by atoms with E-state index in [-0.39, 0.29) is 10.9 Å². The van der Waals surface area contributed by atoms with Crippen molar-refractivity contribution in [2.75, 3.05) is 14.2 Å². The highest BCUT2D eigenvalue weighted by atomic mass is 32.1. The standard InChI is InChI=1S/C15H22N2O3S/c1-4-5-11(14(16)21)15(18)17-9-10-6-7-12(19-2)13(8-10)20-3/h6-8,11H,4-5,9H2,1-3H3,(H2,16,21)(H,17,18). The summed E-state index contributed by atoms with van der Waals surface area (Å²) in [5, 5.41) is 2.85. The molecule has 1 amide bonds. The Morgan fingerprint density at radius 1 is 1.33 bits per heavy atom. The van der Waals surface area contributed by atoms with Crippen LogP contribution in [0.25, 0.3) is 0 Å². The zero-order valence-electron chi connectivity index (χ0n) is 12.6. The highest BCUT2D eigenvalue weighted by molar-refractivity contribution is 7.80. The van der Waals surface area contributed by atoms with Crippen LogP contribution in [-0.2, 0) is 11.3 Å². The third kappa shape index (κ3) is 4.90. The topological polar surface area (TPSA) is 73.6 Å². The number of nitrogens with two attached hydrogens (primary N) is 1. The molecule has 0 aromatic heterocycles. The summed E-state index contributed by atoms with van der Waals surface area (Å²) in [6.45, 7) is 2.38. The van der Waals surface area contributed by atoms with Gasteiger partial charge in [0.2, 0.25) is 5.91 Å². The second-order valence-corrected chi connectivity index (χ2v) is 5.12. The van der Waals surface area contributed by atoms with Crippen LogP contribution < -0.4 is 20.5 Å². The molecule has 0 radical (unpaired) electrons. The van der Waals surface area contributed by atoms with E-state index in [4.69, 9.17) is 27.4 Å². The first kappa shape index (κ1) is 17.2. The highest BCUT2D eigenvalue weighted by Gasteiger charge is 2.20. The summed E-state index contributed by atoms with van der Waals surface area (Å²) < 4.78 is 10.4. The average molecular weight is 310 g/mol. The highest BCUT2D eigenvalue weighted by Crippen LogP contribution is 2.27. The molecule has 6 heteroatoms. The SMILES string of the molecule is CCCC(C(=O)NCc1ccc(OC)c(OC)c1)C(N)=S. The molecule has 0 heterocycles. The van der Waals surface area contributed by atoms with Crippen molar-refractivity contribution in [2.45, 2.75) is 26.3 Å². The molecule has 0 bridgehead atoms. The largest absolute Gasteiger partial charge is 0.493 e. The Labute approximate surface area is 130 Å². The maximum absolute atomic E-state index is 12.1. The summed E-state index contributed by atoms with van der Waals surface area (Å²) in [5.74, 6) is 0.729. The summed E-state index contributed by atoms with van der Waals surface area (Å²) >= 11 is 4.94. The minimum Gasteiger partial charge on any atom is -0.493 e. The molecule has 0 aliphatic heterocycles. The van der Waals surface area contributed by atoms with Crippen LogP contribution in [0, 0.1) is 5.92 Å². The first-order valence-corrected chi connectivity index (χ1v) is 7.22. The molecule has 116 valence electrons. The fourth-order valence-electron chi connectivity index (χ4n) is 1.99. The van der Waals surface area contributed by atoms with Gasteiger partial charge in [-0.1, -0.05) is 31.6 Å². The lowest BCUT2D eigenvalue weighted by atomic mass is 10.0. The minimum atomic E-state index is -0.412. The molecule has 1 unspecified atom stereocenters. The Hall–Kier alpha value is -1.82. The van der Waals surface area contributed by atoms with Gasteiger partial charge in [0.1, 0.15) is 0 Å². The lowest BCUT2D eigenvalue weighted by Crippen LogP contribution is -2.37. The molecule has 0 spiro atoms. The van der Waals surface area contributed by atoms with Gasteiger partial charge in [0.15, 0.2) is 11.5 Å². The number of carbonyl (C=O) groups is 1. The van der Waals surface area contributed by atoms with E-state index in [1.54, 1.807) is 20.3 Å². The fourth-order valence-corrected chi connectivity index (χ4v) is 2.22. The van der Waals surface area contributed by atoms with Crippen LogP contribution in [0.3, 0.4) is 0 Å². The minimum absolute atomic E-state index is 0.140. The van der Waals surface area contributed by atoms with Crippen LogP contribution in [0.4, 0.5) is 0 Å². The molecule has 21 heavy (non-hydrogen) atoms. The van der Waals surface area contributed by atoms with Crippen LogP contribution >= 0.6 is 12.2 Å². The van der Waals surface area contributed by atoms with Gasteiger partial charge in [0.25, 0.3) is 0 Å². The lowest BCUT2D eigenvalue weighted by Gasteiger charge is -2.15. The number of nitrogens with one attached hydrogen (secondary N) is 1. The van der Waals surface area contributed by atoms with Gasteiger partial charge in [-0.15, -0.1) is 0 Å². The van der Waals surface area contributed by atoms with E-state index < -0.39 is 5.92 Å². The van der Waals surface area contributed by atoms with Crippen LogP contribution in [0.1, 0.15) is 25.3 Å². The Balaban J connectivity index is 2.70. The number of rotatable bonds is 8. The molecule has 0 aliphatic carbocycles. The molecule has 1 aromatic carbocycles. The number of methoxy groups -OCH3 is 2. The molecule has 0 saturated carbocycles. The molecule has 1 aromatic rings. The van der Waals surface area contributed by atoms with Crippen molar-refractivity contribution in [3.63, 3.8) is 0 Å². The average Bonchev–Trinajstić information content (AvgIpc) is 2.49. The Bertz CT molecular complexity index is 506. The van der Waals surface area contributed by atoms with Crippen molar-refractivity contribution in [3.05, 3.63) is 23.8 Å². The fraction of sp³-hybridized carbons (Fsp3) is 0.467. The van der Waals surface area contributed by atoms with Gasteiger partial charge in [0, 0.05) is 6.54 Å². The van der Waals surface area contributed by atoms with Crippen molar-refractivity contribution in [1.29, 1.82) is 0 Å². The summed E-state index contributed by atoms with van der Waals surface area (Å²) in [4.78, 5) is 12.3. The number of ether oxygens (including phenoxy) is 2. The van der Waals surface area contributed by atoms with Crippen LogP contribution in [-0.4, -0.2) is 25.1 Å². The number of carbonyl (C=O) groups excluding carboxylic acids is 1. The van der Waals surface area contributed by atoms with Crippen molar-refractivity contribution in [1.82, 2.24) is 5.32 Å². The van der Waals surface area contributed by atoms with Gasteiger partial charge in [-0.05, 0) is 24.1 Å². The van der Waals surface area contributed by atoms with Crippen LogP contribution in [0.2, 0.25) is 0 Å². The summed E-state index contributed by atoms with van der Waals surface area (Å²) in [6, 6.07) is 5.50. The van der Waals surface area contributed by atoms with Gasteiger partial charge < -0.3 is 20.5 Å². The van der Waals surface area contributed by atoms with Gasteiger partial charge in [-0.2, -0.15) is 0 Å². The van der Waals surface area contributed by atoms with Crippen LogP contribution in [0.5, 0.6) is 11.5 Å². The molecule has 5 nitrogen and oxygen atoms in total. The van der Waals surface area contributed by atoms with E-state index in [9.17, 15) is 4.79 Å². The Morgan fingerprint density at radius 2 is 2.00 bits per heavy atom. The number of thiocarbonyl (C=S) groups is 1. The Morgan fingerprint density at radius 3 is 2.52 bits per heavy atom. The predicted molar refractivity (Wildman–Crippen MR) is 86.6 cm³/mol. The predicted octanol–water partition coefficient (Wildman–Crippen LogP) is 2.02. The van der Waals surface area contributed by atoms with E-state index >= 15 is 0 Å². The quantitative estimate of drug-likeness (QED) is 0.719. The normalized spacial score (nSPS) is 11.6. The first-order valence-electron chi connectivity index (χ1n) is 6.81. The Kier molecular flexibility index (Phi) is 6.94. The third-order valence-corrected chi connectivity index (χ3v) is 3.44. The van der Waals surface area contributed by atoms with E-state index in [1.807, 2.05) is 19.1 Å². The second kappa shape index (κ2) is 8.46. The summed E-state index contributed by atoms with van der Waals surface area (Å²) in [7, 11) is 3.15. The molecular formula is C15H22N2O3S. The second-order valence-electron chi connectivity index (χ2n) is 4.65. The number of amides is 1. The molecule has 1 atom stereocenters. The van der Waals surface area contributed by atoms with Gasteiger partial charge in [-0.25, -0.2) is 0 Å². The zero-order valence-corrected chi connectivity index (χ0v) is 13.5. The van der Waals surface area contributed by atoms with Gasteiger partial charge >= 0.3 is 0 Å². The molecule has 1 rings (SSSR count). The maximum Gasteiger partial charge on any atom is 0.230 e. The number of benzene rings is 1. The number of hydrogen-bond donors (Lipinski definition) is 2. The van der Waals surface area contributed by atoms with Crippen molar-refractivity contribution < 1.29 is 14.3 Å². The zero-order chi connectivity index (χ0) is 15.8. The van der Waals surface area contributed by atoms with Crippen LogP contribution in [0.15, 0.2) is 18.2 Å². The van der Waals surface area contributed by atoms with Gasteiger partial charge in [0.05, 0.1) is 25.1 Å².